The van der Waals surface area contributed by atoms with Gasteiger partial charge in [-0.1, -0.05) is 26.3 Å². The third-order valence-corrected chi connectivity index (χ3v) is 2.88. The Morgan fingerprint density at radius 2 is 1.95 bits per heavy atom. The summed E-state index contributed by atoms with van der Waals surface area (Å²) >= 11 is 0. The smallest absolute Gasteiger partial charge is 0.406 e. The van der Waals surface area contributed by atoms with Crippen LogP contribution in [0.2, 0.25) is 0 Å². The second-order valence-electron chi connectivity index (χ2n) is 4.65. The molecule has 0 fully saturated rings. The Morgan fingerprint density at radius 3 is 2.47 bits per heavy atom. The molecule has 1 unspecified atom stereocenters. The fraction of sp³-hybridized carbons (Fsp3) is 0.571. The van der Waals surface area contributed by atoms with Crippen molar-refractivity contribution in [3.8, 4) is 5.75 Å². The lowest BCUT2D eigenvalue weighted by Crippen LogP contribution is -2.17. The number of unbranched alkanes of at least 4 members (excludes halogenated alkanes) is 1. The molecule has 1 N–H and O–H groups in total. The lowest BCUT2D eigenvalue weighted by molar-refractivity contribution is -0.274. The molecule has 0 radical (unpaired) electrons. The molecular formula is C14H19F3O2. The van der Waals surface area contributed by atoms with Crippen LogP contribution in [0.25, 0.3) is 0 Å². The number of benzene rings is 1. The molecule has 0 heterocycles. The average Bonchev–Trinajstić information content (AvgIpc) is 2.33. The molecule has 1 atom stereocenters. The summed E-state index contributed by atoms with van der Waals surface area (Å²) in [6.45, 7) is 3.67. The molecule has 0 aliphatic rings. The Bertz CT molecular complexity index is 402. The Balaban J connectivity index is 3.01. The van der Waals surface area contributed by atoms with Crippen molar-refractivity contribution in [1.82, 2.24) is 0 Å². The first-order chi connectivity index (χ1) is 8.85. The topological polar surface area (TPSA) is 29.5 Å². The SMILES string of the molecule is CCCCc1cc(OC(F)(F)F)cc(C(C)CO)c1. The van der Waals surface area contributed by atoms with Crippen LogP contribution in [-0.2, 0) is 6.42 Å². The first-order valence-electron chi connectivity index (χ1n) is 6.36. The van der Waals surface area contributed by atoms with Gasteiger partial charge in [-0.25, -0.2) is 0 Å². The van der Waals surface area contributed by atoms with Crippen LogP contribution < -0.4 is 4.74 Å². The largest absolute Gasteiger partial charge is 0.573 e. The average molecular weight is 276 g/mol. The number of hydrogen-bond donors (Lipinski definition) is 1. The van der Waals surface area contributed by atoms with E-state index in [0.717, 1.165) is 18.4 Å². The summed E-state index contributed by atoms with van der Waals surface area (Å²) in [6.07, 6.45) is -2.11. The number of aryl methyl sites for hydroxylation is 1. The number of ether oxygens (including phenoxy) is 1. The zero-order valence-electron chi connectivity index (χ0n) is 11.1. The highest BCUT2D eigenvalue weighted by atomic mass is 19.4. The standard InChI is InChI=1S/C14H19F3O2/c1-3-4-5-11-6-12(10(2)9-18)8-13(7-11)19-14(15,16)17/h6-8,10,18H,3-5,9H2,1-2H3. The van der Waals surface area contributed by atoms with Gasteiger partial charge >= 0.3 is 6.36 Å². The minimum atomic E-state index is -4.69. The van der Waals surface area contributed by atoms with Gasteiger partial charge in [-0.3, -0.25) is 0 Å². The lowest BCUT2D eigenvalue weighted by Gasteiger charge is -2.15. The zero-order chi connectivity index (χ0) is 14.5. The van der Waals surface area contributed by atoms with Crippen molar-refractivity contribution in [3.63, 3.8) is 0 Å². The molecule has 1 aromatic rings. The summed E-state index contributed by atoms with van der Waals surface area (Å²) < 4.78 is 40.8. The molecule has 108 valence electrons. The number of halogens is 3. The van der Waals surface area contributed by atoms with E-state index in [-0.39, 0.29) is 18.3 Å². The van der Waals surface area contributed by atoms with E-state index in [2.05, 4.69) is 4.74 Å². The first kappa shape index (κ1) is 15.8. The highest BCUT2D eigenvalue weighted by Gasteiger charge is 2.31. The van der Waals surface area contributed by atoms with Crippen LogP contribution in [0.15, 0.2) is 18.2 Å². The second kappa shape index (κ2) is 6.80. The molecule has 19 heavy (non-hydrogen) atoms. The molecular weight excluding hydrogens is 257 g/mol. The predicted octanol–water partition coefficient (Wildman–Crippen LogP) is 4.02. The molecule has 0 amide bonds. The van der Waals surface area contributed by atoms with Gasteiger partial charge in [0.25, 0.3) is 0 Å². The first-order valence-corrected chi connectivity index (χ1v) is 6.36. The molecule has 0 saturated heterocycles. The Labute approximate surface area is 111 Å². The molecule has 0 saturated carbocycles. The van der Waals surface area contributed by atoms with Crippen LogP contribution in [0, 0.1) is 0 Å². The summed E-state index contributed by atoms with van der Waals surface area (Å²) in [5.41, 5.74) is 1.47. The van der Waals surface area contributed by atoms with Crippen LogP contribution in [0.4, 0.5) is 13.2 Å². The Hall–Kier alpha value is -1.23. The van der Waals surface area contributed by atoms with Crippen molar-refractivity contribution >= 4 is 0 Å². The predicted molar refractivity (Wildman–Crippen MR) is 67.2 cm³/mol. The molecule has 0 aliphatic carbocycles. The second-order valence-corrected chi connectivity index (χ2v) is 4.65. The fourth-order valence-electron chi connectivity index (χ4n) is 1.79. The van der Waals surface area contributed by atoms with Gasteiger partial charge < -0.3 is 9.84 Å². The maximum atomic E-state index is 12.3. The third-order valence-electron chi connectivity index (χ3n) is 2.88. The van der Waals surface area contributed by atoms with Crippen molar-refractivity contribution < 1.29 is 23.0 Å². The van der Waals surface area contributed by atoms with E-state index < -0.39 is 6.36 Å². The quantitative estimate of drug-likeness (QED) is 0.850. The number of aliphatic hydroxyl groups is 1. The summed E-state index contributed by atoms with van der Waals surface area (Å²) in [4.78, 5) is 0. The molecule has 5 heteroatoms. The molecule has 0 aliphatic heterocycles. The van der Waals surface area contributed by atoms with Crippen molar-refractivity contribution in [2.24, 2.45) is 0 Å². The number of aliphatic hydroxyl groups excluding tert-OH is 1. The van der Waals surface area contributed by atoms with Crippen LogP contribution in [0.5, 0.6) is 5.75 Å². The van der Waals surface area contributed by atoms with E-state index in [4.69, 9.17) is 5.11 Å². The maximum absolute atomic E-state index is 12.3. The van der Waals surface area contributed by atoms with Crippen molar-refractivity contribution in [1.29, 1.82) is 0 Å². The van der Waals surface area contributed by atoms with Gasteiger partial charge in [0.2, 0.25) is 0 Å². The molecule has 1 aromatic carbocycles. The molecule has 0 bridgehead atoms. The Morgan fingerprint density at radius 1 is 1.26 bits per heavy atom. The highest BCUT2D eigenvalue weighted by Crippen LogP contribution is 2.28. The number of rotatable bonds is 6. The van der Waals surface area contributed by atoms with E-state index in [1.807, 2.05) is 13.0 Å². The molecule has 1 rings (SSSR count). The van der Waals surface area contributed by atoms with Crippen LogP contribution >= 0.6 is 0 Å². The minimum Gasteiger partial charge on any atom is -0.406 e. The lowest BCUT2D eigenvalue weighted by atomic mass is 9.97. The Kier molecular flexibility index (Phi) is 5.66. The van der Waals surface area contributed by atoms with Crippen molar-refractivity contribution in [3.05, 3.63) is 29.3 Å². The monoisotopic (exact) mass is 276 g/mol. The van der Waals surface area contributed by atoms with Gasteiger partial charge in [0, 0.05) is 12.5 Å². The van der Waals surface area contributed by atoms with Crippen LogP contribution in [-0.4, -0.2) is 18.1 Å². The summed E-state index contributed by atoms with van der Waals surface area (Å²) in [5, 5.41) is 9.12. The van der Waals surface area contributed by atoms with Gasteiger partial charge in [0.05, 0.1) is 0 Å². The van der Waals surface area contributed by atoms with E-state index in [9.17, 15) is 13.2 Å². The minimum absolute atomic E-state index is 0.108. The van der Waals surface area contributed by atoms with Gasteiger partial charge in [-0.05, 0) is 36.1 Å². The fourth-order valence-corrected chi connectivity index (χ4v) is 1.79. The molecule has 0 spiro atoms. The van der Waals surface area contributed by atoms with Crippen molar-refractivity contribution in [2.75, 3.05) is 6.61 Å². The van der Waals surface area contributed by atoms with Crippen LogP contribution in [0.1, 0.15) is 43.7 Å². The van der Waals surface area contributed by atoms with E-state index in [1.165, 1.54) is 12.1 Å². The summed E-state index contributed by atoms with van der Waals surface area (Å²) in [7, 11) is 0. The normalized spacial score (nSPS) is 13.4. The number of hydrogen-bond acceptors (Lipinski definition) is 2. The van der Waals surface area contributed by atoms with Gasteiger partial charge in [-0.2, -0.15) is 0 Å². The highest BCUT2D eigenvalue weighted by molar-refractivity contribution is 5.36. The third kappa shape index (κ3) is 5.51. The zero-order valence-corrected chi connectivity index (χ0v) is 11.1. The van der Waals surface area contributed by atoms with Gasteiger partial charge in [0.15, 0.2) is 0 Å². The maximum Gasteiger partial charge on any atom is 0.573 e. The molecule has 0 aromatic heterocycles. The van der Waals surface area contributed by atoms with E-state index in [1.54, 1.807) is 6.92 Å². The molecule has 2 nitrogen and oxygen atoms in total. The number of alkyl halides is 3. The van der Waals surface area contributed by atoms with Gasteiger partial charge in [0.1, 0.15) is 5.75 Å². The summed E-state index contributed by atoms with van der Waals surface area (Å²) in [6, 6.07) is 4.58. The van der Waals surface area contributed by atoms with Crippen molar-refractivity contribution in [2.45, 2.75) is 45.4 Å². The van der Waals surface area contributed by atoms with E-state index >= 15 is 0 Å². The summed E-state index contributed by atoms with van der Waals surface area (Å²) in [5.74, 6) is -0.423. The van der Waals surface area contributed by atoms with Gasteiger partial charge in [-0.15, -0.1) is 13.2 Å². The van der Waals surface area contributed by atoms with Crippen LogP contribution in [0.3, 0.4) is 0 Å². The van der Waals surface area contributed by atoms with E-state index in [0.29, 0.717) is 12.0 Å².